The molecule has 0 saturated carbocycles. The second-order valence-corrected chi connectivity index (χ2v) is 3.07. The summed E-state index contributed by atoms with van der Waals surface area (Å²) in [6.07, 6.45) is 2.90. The highest BCUT2D eigenvalue weighted by molar-refractivity contribution is 5.85. The lowest BCUT2D eigenvalue weighted by Crippen LogP contribution is -2.00. The maximum atomic E-state index is 9.89. The van der Waals surface area contributed by atoms with Crippen LogP contribution in [0.2, 0.25) is 0 Å². The highest BCUT2D eigenvalue weighted by atomic mass is 16.4. The number of carboxylic acid groups (broad SMARTS) is 2. The molecule has 0 unspecified atom stereocenters. The summed E-state index contributed by atoms with van der Waals surface area (Å²) < 4.78 is 0. The lowest BCUT2D eigenvalue weighted by Gasteiger charge is -1.91. The highest BCUT2D eigenvalue weighted by Crippen LogP contribution is 1.94. The largest absolute Gasteiger partial charge is 0.502 e. The molecule has 0 rings (SSSR count). The van der Waals surface area contributed by atoms with E-state index >= 15 is 0 Å². The third-order valence-electron chi connectivity index (χ3n) is 1.56. The van der Waals surface area contributed by atoms with Gasteiger partial charge in [-0.2, -0.15) is 0 Å². The van der Waals surface area contributed by atoms with Crippen LogP contribution in [0.5, 0.6) is 0 Å². The first-order valence-corrected chi connectivity index (χ1v) is 5.01. The molecular weight excluding hydrogens is 228 g/mol. The quantitative estimate of drug-likeness (QED) is 0.415. The fourth-order valence-electron chi connectivity index (χ4n) is 0.610. The molecule has 6 nitrogen and oxygen atoms in total. The maximum absolute atomic E-state index is 9.89. The van der Waals surface area contributed by atoms with Crippen LogP contribution >= 0.6 is 0 Å². The molecule has 0 radical (unpaired) electrons. The van der Waals surface area contributed by atoms with Crippen LogP contribution in [0.25, 0.3) is 0 Å². The third-order valence-corrected chi connectivity index (χ3v) is 1.56. The number of allylic oxidation sites excluding steroid dienone is 1. The third kappa shape index (κ3) is 12.1. The number of rotatable bonds is 6. The van der Waals surface area contributed by atoms with E-state index in [0.717, 1.165) is 6.42 Å². The zero-order valence-corrected chi connectivity index (χ0v) is 9.72. The van der Waals surface area contributed by atoms with Crippen molar-refractivity contribution in [3.8, 4) is 0 Å². The van der Waals surface area contributed by atoms with Crippen LogP contribution < -0.4 is 0 Å². The molecule has 0 aromatic rings. The summed E-state index contributed by atoms with van der Waals surface area (Å²) in [5.41, 5.74) is 0.0486. The van der Waals surface area contributed by atoms with Crippen molar-refractivity contribution in [3.05, 3.63) is 24.0 Å². The Morgan fingerprint density at radius 2 is 1.71 bits per heavy atom. The first-order chi connectivity index (χ1) is 7.86. The molecule has 0 aliphatic heterocycles. The zero-order valence-electron chi connectivity index (χ0n) is 9.72. The Morgan fingerprint density at radius 3 is 1.94 bits per heavy atom. The summed E-state index contributed by atoms with van der Waals surface area (Å²) >= 11 is 0. The minimum absolute atomic E-state index is 0.0486. The van der Waals surface area contributed by atoms with E-state index in [1.54, 1.807) is 0 Å². The Bertz CT molecular complexity index is 292. The molecule has 0 aliphatic carbocycles. The molecule has 0 aliphatic rings. The van der Waals surface area contributed by atoms with Crippen LogP contribution in [0.4, 0.5) is 0 Å². The Balaban J connectivity index is 0. The van der Waals surface area contributed by atoms with Crippen LogP contribution in [0.3, 0.4) is 0 Å². The minimum Gasteiger partial charge on any atom is -0.502 e. The summed E-state index contributed by atoms with van der Waals surface area (Å²) in [4.78, 5) is 19.8. The van der Waals surface area contributed by atoms with Gasteiger partial charge in [0.1, 0.15) is 0 Å². The van der Waals surface area contributed by atoms with Crippen molar-refractivity contribution < 1.29 is 30.0 Å². The molecule has 0 aromatic heterocycles. The average molecular weight is 246 g/mol. The van der Waals surface area contributed by atoms with Gasteiger partial charge in [-0.3, -0.25) is 0 Å². The van der Waals surface area contributed by atoms with E-state index < -0.39 is 17.7 Å². The van der Waals surface area contributed by atoms with Gasteiger partial charge in [0.15, 0.2) is 5.76 Å². The second kappa shape index (κ2) is 10.7. The van der Waals surface area contributed by atoms with Crippen molar-refractivity contribution in [2.24, 2.45) is 0 Å². The van der Waals surface area contributed by atoms with E-state index in [0.29, 0.717) is 6.42 Å². The van der Waals surface area contributed by atoms with Gasteiger partial charge in [0.2, 0.25) is 0 Å². The normalized spacial score (nSPS) is 10.1. The fourth-order valence-corrected chi connectivity index (χ4v) is 0.610. The summed E-state index contributed by atoms with van der Waals surface area (Å²) in [6.45, 7) is 4.95. The molecule has 4 N–H and O–H groups in total. The van der Waals surface area contributed by atoms with Gasteiger partial charge < -0.3 is 20.4 Å². The number of unbranched alkanes of at least 4 members (excludes halogenated alkanes) is 1. The van der Waals surface area contributed by atoms with Crippen LogP contribution in [0.15, 0.2) is 24.0 Å². The molecule has 0 atom stereocenters. The molecule has 0 fully saturated rings. The standard InChI is InChI=1S/C6H10O3.C5H8O3/c1-2-3-4-5(7)6(8)9;1-4(2-3-6)5(7)8/h4,7H,2-3H2,1H3,(H,8,9);6H,1-3H2,(H,7,8)/b5-4-;. The number of hydrogen-bond acceptors (Lipinski definition) is 4. The number of carbonyl (C=O) groups is 2. The SMILES string of the molecule is C=C(CCO)C(=O)O.CCC/C=C(\O)C(=O)O. The van der Waals surface area contributed by atoms with Gasteiger partial charge in [0.05, 0.1) is 0 Å². The number of aliphatic carboxylic acids is 2. The molecule has 0 amide bonds. The van der Waals surface area contributed by atoms with E-state index in [1.807, 2.05) is 6.92 Å². The fraction of sp³-hybridized carbons (Fsp3) is 0.455. The van der Waals surface area contributed by atoms with Gasteiger partial charge in [-0.1, -0.05) is 19.9 Å². The van der Waals surface area contributed by atoms with Crippen LogP contribution in [-0.2, 0) is 9.59 Å². The number of carboxylic acids is 2. The summed E-state index contributed by atoms with van der Waals surface area (Å²) in [5, 5.41) is 32.9. The lowest BCUT2D eigenvalue weighted by molar-refractivity contribution is -0.135. The van der Waals surface area contributed by atoms with Crippen molar-refractivity contribution >= 4 is 11.9 Å². The zero-order chi connectivity index (χ0) is 13.8. The molecule has 0 saturated heterocycles. The Kier molecular flexibility index (Phi) is 11.0. The first-order valence-electron chi connectivity index (χ1n) is 5.01. The van der Waals surface area contributed by atoms with Gasteiger partial charge in [0.25, 0.3) is 0 Å². The lowest BCUT2D eigenvalue weighted by atomic mass is 10.2. The van der Waals surface area contributed by atoms with E-state index in [4.69, 9.17) is 20.4 Å². The Morgan fingerprint density at radius 1 is 1.18 bits per heavy atom. The minimum atomic E-state index is -1.26. The molecule has 0 heterocycles. The van der Waals surface area contributed by atoms with E-state index in [2.05, 4.69) is 6.58 Å². The van der Waals surface area contributed by atoms with Gasteiger partial charge in [-0.15, -0.1) is 0 Å². The van der Waals surface area contributed by atoms with Crippen molar-refractivity contribution in [1.82, 2.24) is 0 Å². The topological polar surface area (TPSA) is 115 Å². The van der Waals surface area contributed by atoms with Crippen LogP contribution in [0, 0.1) is 0 Å². The monoisotopic (exact) mass is 246 g/mol. The number of aliphatic hydroxyl groups is 2. The van der Waals surface area contributed by atoms with E-state index in [9.17, 15) is 9.59 Å². The Hall–Kier alpha value is -1.82. The van der Waals surface area contributed by atoms with Crippen molar-refractivity contribution in [3.63, 3.8) is 0 Å². The predicted octanol–water partition coefficient (Wildman–Crippen LogP) is 1.32. The number of aliphatic hydroxyl groups excluding tert-OH is 2. The Labute approximate surface area is 99.5 Å². The van der Waals surface area contributed by atoms with Gasteiger partial charge in [-0.25, -0.2) is 9.59 Å². The molecule has 0 aromatic carbocycles. The van der Waals surface area contributed by atoms with Crippen LogP contribution in [0.1, 0.15) is 26.2 Å². The molecule has 6 heteroatoms. The summed E-state index contributed by atoms with van der Waals surface area (Å²) in [7, 11) is 0. The van der Waals surface area contributed by atoms with Crippen LogP contribution in [-0.4, -0.2) is 39.0 Å². The van der Waals surface area contributed by atoms with E-state index in [1.165, 1.54) is 6.08 Å². The smallest absolute Gasteiger partial charge is 0.370 e. The molecule has 17 heavy (non-hydrogen) atoms. The summed E-state index contributed by atoms with van der Waals surface area (Å²) in [5.74, 6) is -2.86. The molecular formula is C11H18O6. The summed E-state index contributed by atoms with van der Waals surface area (Å²) in [6, 6.07) is 0. The van der Waals surface area contributed by atoms with Crippen molar-refractivity contribution in [2.75, 3.05) is 6.61 Å². The molecule has 0 spiro atoms. The maximum Gasteiger partial charge on any atom is 0.370 e. The van der Waals surface area contributed by atoms with Crippen molar-refractivity contribution in [1.29, 1.82) is 0 Å². The highest BCUT2D eigenvalue weighted by Gasteiger charge is 2.00. The van der Waals surface area contributed by atoms with Gasteiger partial charge >= 0.3 is 11.9 Å². The van der Waals surface area contributed by atoms with Gasteiger partial charge in [-0.05, 0) is 12.5 Å². The predicted molar refractivity (Wildman–Crippen MR) is 61.7 cm³/mol. The number of hydrogen-bond donors (Lipinski definition) is 4. The first kappa shape index (κ1) is 17.6. The average Bonchev–Trinajstić information content (AvgIpc) is 2.26. The molecule has 0 bridgehead atoms. The second-order valence-electron chi connectivity index (χ2n) is 3.07. The molecule has 98 valence electrons. The van der Waals surface area contributed by atoms with Crippen molar-refractivity contribution in [2.45, 2.75) is 26.2 Å². The van der Waals surface area contributed by atoms with E-state index in [-0.39, 0.29) is 18.6 Å². The van der Waals surface area contributed by atoms with Gasteiger partial charge in [0, 0.05) is 18.6 Å².